The monoisotopic (exact) mass is 299 g/mol. The summed E-state index contributed by atoms with van der Waals surface area (Å²) in [5, 5.41) is 2.57. The van der Waals surface area contributed by atoms with Crippen molar-refractivity contribution in [1.82, 2.24) is 5.32 Å². The average Bonchev–Trinajstić information content (AvgIpc) is 2.45. The van der Waals surface area contributed by atoms with Crippen LogP contribution in [0.15, 0.2) is 12.7 Å². The first-order valence-electron chi connectivity index (χ1n) is 7.72. The van der Waals surface area contributed by atoms with Crippen LogP contribution in [0, 0.1) is 5.92 Å². The van der Waals surface area contributed by atoms with Crippen molar-refractivity contribution in [2.24, 2.45) is 5.92 Å². The third kappa shape index (κ3) is 10.9. The number of hydrogen-bond donors (Lipinski definition) is 1. The lowest BCUT2D eigenvalue weighted by Crippen LogP contribution is -2.42. The van der Waals surface area contributed by atoms with Crippen LogP contribution in [0.2, 0.25) is 0 Å². The molecular weight excluding hydrogens is 270 g/mol. The molecule has 1 atom stereocenters. The van der Waals surface area contributed by atoms with Crippen LogP contribution in [-0.2, 0) is 14.3 Å². The van der Waals surface area contributed by atoms with Gasteiger partial charge in [0.1, 0.15) is 12.6 Å². The lowest BCUT2D eigenvalue weighted by Gasteiger charge is -2.18. The van der Waals surface area contributed by atoms with Gasteiger partial charge in [0.05, 0.1) is 6.61 Å². The lowest BCUT2D eigenvalue weighted by atomic mass is 10.1. The van der Waals surface area contributed by atoms with E-state index in [1.165, 1.54) is 6.08 Å². The van der Waals surface area contributed by atoms with E-state index in [1.807, 2.05) is 13.8 Å². The Morgan fingerprint density at radius 3 is 2.48 bits per heavy atom. The minimum atomic E-state index is -0.641. The highest BCUT2D eigenvalue weighted by atomic mass is 16.6. The molecule has 122 valence electrons. The Kier molecular flexibility index (Phi) is 11.4. The standard InChI is InChI=1S/C16H29NO4/c1-5-7-8-9-10-14(15(18)21-12-13(3)4)17-16(19)20-11-6-2/h6,13-14H,2,5,7-12H2,1,3-4H3,(H,17,19). The van der Waals surface area contributed by atoms with Gasteiger partial charge in [0.25, 0.3) is 0 Å². The van der Waals surface area contributed by atoms with Gasteiger partial charge in [-0.05, 0) is 12.3 Å². The number of amides is 1. The van der Waals surface area contributed by atoms with Crippen molar-refractivity contribution in [2.45, 2.75) is 58.9 Å². The summed E-state index contributed by atoms with van der Waals surface area (Å²) in [6.07, 6.45) is 5.58. The molecule has 0 aromatic heterocycles. The van der Waals surface area contributed by atoms with Gasteiger partial charge < -0.3 is 14.8 Å². The summed E-state index contributed by atoms with van der Waals surface area (Å²) in [7, 11) is 0. The van der Waals surface area contributed by atoms with Crippen LogP contribution >= 0.6 is 0 Å². The third-order valence-corrected chi connectivity index (χ3v) is 2.81. The minimum absolute atomic E-state index is 0.120. The second-order valence-corrected chi connectivity index (χ2v) is 5.46. The molecule has 5 heteroatoms. The molecule has 0 aliphatic heterocycles. The van der Waals surface area contributed by atoms with Gasteiger partial charge in [0.2, 0.25) is 0 Å². The van der Waals surface area contributed by atoms with Crippen molar-refractivity contribution < 1.29 is 19.1 Å². The van der Waals surface area contributed by atoms with E-state index in [0.717, 1.165) is 25.7 Å². The van der Waals surface area contributed by atoms with Crippen LogP contribution in [0.4, 0.5) is 4.79 Å². The Morgan fingerprint density at radius 1 is 1.19 bits per heavy atom. The Morgan fingerprint density at radius 2 is 1.90 bits per heavy atom. The van der Waals surface area contributed by atoms with E-state index in [1.54, 1.807) is 0 Å². The van der Waals surface area contributed by atoms with Crippen LogP contribution in [0.3, 0.4) is 0 Å². The molecule has 0 heterocycles. The quantitative estimate of drug-likeness (QED) is 0.360. The van der Waals surface area contributed by atoms with Crippen molar-refractivity contribution >= 4 is 12.1 Å². The molecule has 0 spiro atoms. The van der Waals surface area contributed by atoms with Crippen LogP contribution in [0.25, 0.3) is 0 Å². The first-order valence-corrected chi connectivity index (χ1v) is 7.72. The summed E-state index contributed by atoms with van der Waals surface area (Å²) in [5.74, 6) is -0.127. The van der Waals surface area contributed by atoms with Crippen molar-refractivity contribution in [2.75, 3.05) is 13.2 Å². The van der Waals surface area contributed by atoms with Crippen molar-refractivity contribution in [1.29, 1.82) is 0 Å². The second kappa shape index (κ2) is 12.2. The second-order valence-electron chi connectivity index (χ2n) is 5.46. The molecule has 0 aromatic rings. The zero-order chi connectivity index (χ0) is 16.1. The molecule has 0 radical (unpaired) electrons. The molecule has 0 aromatic carbocycles. The SMILES string of the molecule is C=CCOC(=O)NC(CCCCCC)C(=O)OCC(C)C. The van der Waals surface area contributed by atoms with Crippen LogP contribution < -0.4 is 5.32 Å². The molecule has 0 saturated heterocycles. The normalized spacial score (nSPS) is 11.8. The topological polar surface area (TPSA) is 64.6 Å². The molecule has 1 N–H and O–H groups in total. The molecule has 0 rings (SSSR count). The van der Waals surface area contributed by atoms with E-state index < -0.39 is 18.1 Å². The van der Waals surface area contributed by atoms with Crippen molar-refractivity contribution in [3.8, 4) is 0 Å². The molecule has 0 fully saturated rings. The Labute approximate surface area is 128 Å². The molecule has 5 nitrogen and oxygen atoms in total. The van der Waals surface area contributed by atoms with Gasteiger partial charge in [-0.2, -0.15) is 0 Å². The van der Waals surface area contributed by atoms with E-state index in [0.29, 0.717) is 13.0 Å². The summed E-state index contributed by atoms with van der Waals surface area (Å²) in [5.41, 5.74) is 0. The Hall–Kier alpha value is -1.52. The van der Waals surface area contributed by atoms with Crippen LogP contribution in [0.1, 0.15) is 52.9 Å². The zero-order valence-electron chi connectivity index (χ0n) is 13.5. The first kappa shape index (κ1) is 19.5. The van der Waals surface area contributed by atoms with Gasteiger partial charge in [-0.15, -0.1) is 0 Å². The number of ether oxygens (including phenoxy) is 2. The first-order chi connectivity index (χ1) is 10.0. The number of esters is 1. The maximum absolute atomic E-state index is 12.0. The predicted octanol–water partition coefficient (Wildman–Crippen LogP) is 3.44. The van der Waals surface area contributed by atoms with Gasteiger partial charge >= 0.3 is 12.1 Å². The highest BCUT2D eigenvalue weighted by Crippen LogP contribution is 2.08. The summed E-state index contributed by atoms with van der Waals surface area (Å²) >= 11 is 0. The third-order valence-electron chi connectivity index (χ3n) is 2.81. The average molecular weight is 299 g/mol. The minimum Gasteiger partial charge on any atom is -0.464 e. The molecule has 0 aliphatic carbocycles. The lowest BCUT2D eigenvalue weighted by molar-refractivity contribution is -0.147. The smallest absolute Gasteiger partial charge is 0.408 e. The molecule has 1 amide bonds. The number of alkyl carbamates (subject to hydrolysis) is 1. The maximum atomic E-state index is 12.0. The van der Waals surface area contributed by atoms with E-state index in [2.05, 4.69) is 18.8 Å². The summed E-state index contributed by atoms with van der Waals surface area (Å²) in [4.78, 5) is 23.6. The van der Waals surface area contributed by atoms with E-state index in [9.17, 15) is 9.59 Å². The van der Waals surface area contributed by atoms with Crippen molar-refractivity contribution in [3.05, 3.63) is 12.7 Å². The van der Waals surface area contributed by atoms with Crippen LogP contribution in [-0.4, -0.2) is 31.3 Å². The zero-order valence-corrected chi connectivity index (χ0v) is 13.5. The maximum Gasteiger partial charge on any atom is 0.408 e. The van der Waals surface area contributed by atoms with E-state index >= 15 is 0 Å². The summed E-state index contributed by atoms with van der Waals surface area (Å²) in [6, 6.07) is -0.641. The predicted molar refractivity (Wildman–Crippen MR) is 83.0 cm³/mol. The number of carbonyl (C=O) groups excluding carboxylic acids is 2. The van der Waals surface area contributed by atoms with Gasteiger partial charge in [-0.3, -0.25) is 0 Å². The molecule has 0 bridgehead atoms. The molecule has 0 aliphatic rings. The fourth-order valence-corrected chi connectivity index (χ4v) is 1.69. The highest BCUT2D eigenvalue weighted by Gasteiger charge is 2.22. The molecule has 0 saturated carbocycles. The fraction of sp³-hybridized carbons (Fsp3) is 0.750. The number of carbonyl (C=O) groups is 2. The van der Waals surface area contributed by atoms with Crippen LogP contribution in [0.5, 0.6) is 0 Å². The van der Waals surface area contributed by atoms with Crippen molar-refractivity contribution in [3.63, 3.8) is 0 Å². The highest BCUT2D eigenvalue weighted by molar-refractivity contribution is 5.81. The number of hydrogen-bond acceptors (Lipinski definition) is 4. The largest absolute Gasteiger partial charge is 0.464 e. The summed E-state index contributed by atoms with van der Waals surface area (Å²) < 4.78 is 10.0. The number of rotatable bonds is 11. The Bertz CT molecular complexity index is 315. The molecule has 1 unspecified atom stereocenters. The molecule has 21 heavy (non-hydrogen) atoms. The van der Waals surface area contributed by atoms with Gasteiger partial charge in [-0.25, -0.2) is 9.59 Å². The number of nitrogens with one attached hydrogen (secondary N) is 1. The summed E-state index contributed by atoms with van der Waals surface area (Å²) in [6.45, 7) is 10.0. The fourth-order valence-electron chi connectivity index (χ4n) is 1.69. The van der Waals surface area contributed by atoms with E-state index in [4.69, 9.17) is 9.47 Å². The van der Waals surface area contributed by atoms with Gasteiger partial charge in [0, 0.05) is 0 Å². The van der Waals surface area contributed by atoms with Gasteiger partial charge in [-0.1, -0.05) is 59.1 Å². The number of unbranched alkanes of at least 4 members (excludes halogenated alkanes) is 3. The van der Waals surface area contributed by atoms with E-state index in [-0.39, 0.29) is 12.5 Å². The Balaban J connectivity index is 4.33. The van der Waals surface area contributed by atoms with Gasteiger partial charge in [0.15, 0.2) is 0 Å². The molecular formula is C16H29NO4.